The third-order valence-electron chi connectivity index (χ3n) is 1.81. The monoisotopic (exact) mass is 275 g/mol. The number of nitriles is 1. The van der Waals surface area contributed by atoms with Crippen LogP contribution in [0, 0.1) is 11.3 Å². The lowest BCUT2D eigenvalue weighted by molar-refractivity contribution is -0.274. The number of anilines is 1. The van der Waals surface area contributed by atoms with Crippen LogP contribution in [0.4, 0.5) is 19.0 Å². The van der Waals surface area contributed by atoms with E-state index in [4.69, 9.17) is 11.0 Å². The third kappa shape index (κ3) is 3.74. The molecule has 0 aromatic carbocycles. The summed E-state index contributed by atoms with van der Waals surface area (Å²) in [6, 6.07) is 2.11. The number of nitrogen functional groups attached to an aromatic ring is 1. The molecule has 0 bridgehead atoms. The Morgan fingerprint density at radius 3 is 2.68 bits per heavy atom. The SMILES string of the molecule is CCOC(=O)c1nc(N)cc(OC(F)(F)F)c1C#N. The molecule has 0 unspecified atom stereocenters. The molecule has 102 valence electrons. The number of rotatable bonds is 3. The highest BCUT2D eigenvalue weighted by molar-refractivity contribution is 5.91. The summed E-state index contributed by atoms with van der Waals surface area (Å²) in [7, 11) is 0. The fourth-order valence-corrected chi connectivity index (χ4v) is 1.20. The second-order valence-electron chi connectivity index (χ2n) is 3.15. The normalized spacial score (nSPS) is 10.7. The molecule has 9 heteroatoms. The molecule has 0 aliphatic heterocycles. The van der Waals surface area contributed by atoms with E-state index < -0.39 is 35.2 Å². The number of aromatic nitrogens is 1. The molecule has 1 rings (SSSR count). The van der Waals surface area contributed by atoms with Crippen LogP contribution in [0.25, 0.3) is 0 Å². The van der Waals surface area contributed by atoms with Crippen LogP contribution in [0.5, 0.6) is 5.75 Å². The average molecular weight is 275 g/mol. The van der Waals surface area contributed by atoms with Gasteiger partial charge in [-0.25, -0.2) is 9.78 Å². The lowest BCUT2D eigenvalue weighted by atomic mass is 10.2. The minimum absolute atomic E-state index is 0.0321. The second kappa shape index (κ2) is 5.43. The van der Waals surface area contributed by atoms with Crippen molar-refractivity contribution in [2.24, 2.45) is 0 Å². The van der Waals surface area contributed by atoms with E-state index >= 15 is 0 Å². The molecule has 0 aliphatic rings. The van der Waals surface area contributed by atoms with Gasteiger partial charge in [0, 0.05) is 6.07 Å². The van der Waals surface area contributed by atoms with Crippen molar-refractivity contribution in [1.29, 1.82) is 5.26 Å². The van der Waals surface area contributed by atoms with Crippen molar-refractivity contribution in [2.45, 2.75) is 13.3 Å². The van der Waals surface area contributed by atoms with Crippen LogP contribution in [0.15, 0.2) is 6.07 Å². The number of pyridine rings is 1. The van der Waals surface area contributed by atoms with Crippen molar-refractivity contribution in [3.8, 4) is 11.8 Å². The number of ether oxygens (including phenoxy) is 2. The Kier molecular flexibility index (Phi) is 4.16. The first kappa shape index (κ1) is 14.6. The van der Waals surface area contributed by atoms with Crippen molar-refractivity contribution in [1.82, 2.24) is 4.98 Å². The van der Waals surface area contributed by atoms with Gasteiger partial charge in [0.1, 0.15) is 17.5 Å². The summed E-state index contributed by atoms with van der Waals surface area (Å²) in [6.07, 6.45) is -5.02. The van der Waals surface area contributed by atoms with Gasteiger partial charge in [-0.05, 0) is 6.92 Å². The minimum Gasteiger partial charge on any atom is -0.461 e. The van der Waals surface area contributed by atoms with Crippen LogP contribution in [-0.4, -0.2) is 23.9 Å². The fourth-order valence-electron chi connectivity index (χ4n) is 1.20. The summed E-state index contributed by atoms with van der Waals surface area (Å²) in [5.41, 5.74) is 3.95. The molecule has 0 aliphatic carbocycles. The second-order valence-corrected chi connectivity index (χ2v) is 3.15. The van der Waals surface area contributed by atoms with E-state index in [1.165, 1.54) is 13.0 Å². The molecule has 0 saturated heterocycles. The average Bonchev–Trinajstić information content (AvgIpc) is 2.26. The highest BCUT2D eigenvalue weighted by Crippen LogP contribution is 2.29. The topological polar surface area (TPSA) is 98.2 Å². The van der Waals surface area contributed by atoms with E-state index in [0.717, 1.165) is 0 Å². The molecule has 0 atom stereocenters. The Morgan fingerprint density at radius 1 is 1.58 bits per heavy atom. The van der Waals surface area contributed by atoms with E-state index in [1.807, 2.05) is 0 Å². The van der Waals surface area contributed by atoms with Gasteiger partial charge in [0.05, 0.1) is 6.61 Å². The highest BCUT2D eigenvalue weighted by atomic mass is 19.4. The number of hydrogen-bond acceptors (Lipinski definition) is 6. The molecular formula is C10H8F3N3O3. The minimum atomic E-state index is -5.02. The van der Waals surface area contributed by atoms with Gasteiger partial charge in [-0.3, -0.25) is 0 Å². The zero-order valence-electron chi connectivity index (χ0n) is 9.61. The van der Waals surface area contributed by atoms with E-state index in [9.17, 15) is 18.0 Å². The largest absolute Gasteiger partial charge is 0.573 e. The quantitative estimate of drug-likeness (QED) is 0.841. The Morgan fingerprint density at radius 2 is 2.21 bits per heavy atom. The maximum atomic E-state index is 12.2. The summed E-state index contributed by atoms with van der Waals surface area (Å²) in [5, 5.41) is 8.82. The van der Waals surface area contributed by atoms with Gasteiger partial charge in [0.2, 0.25) is 0 Å². The van der Waals surface area contributed by atoms with Crippen molar-refractivity contribution in [3.05, 3.63) is 17.3 Å². The van der Waals surface area contributed by atoms with Crippen molar-refractivity contribution in [3.63, 3.8) is 0 Å². The molecule has 1 aromatic heterocycles. The molecule has 0 spiro atoms. The number of nitrogens with zero attached hydrogens (tertiary/aromatic N) is 2. The molecule has 1 aromatic rings. The van der Waals surface area contributed by atoms with Crippen LogP contribution in [-0.2, 0) is 4.74 Å². The Balaban J connectivity index is 3.34. The van der Waals surface area contributed by atoms with Crippen molar-refractivity contribution in [2.75, 3.05) is 12.3 Å². The van der Waals surface area contributed by atoms with Gasteiger partial charge < -0.3 is 15.2 Å². The van der Waals surface area contributed by atoms with Crippen LogP contribution in [0.2, 0.25) is 0 Å². The Bertz CT molecular complexity index is 537. The molecule has 2 N–H and O–H groups in total. The van der Waals surface area contributed by atoms with Gasteiger partial charge in [-0.2, -0.15) is 5.26 Å². The highest BCUT2D eigenvalue weighted by Gasteiger charge is 2.34. The standard InChI is InChI=1S/C10H8F3N3O3/c1-2-18-9(17)8-5(4-14)6(3-7(15)16-8)19-10(11,12)13/h3H,2H2,1H3,(H2,15,16). The maximum Gasteiger partial charge on any atom is 0.573 e. The first-order valence-electron chi connectivity index (χ1n) is 4.92. The van der Waals surface area contributed by atoms with Crippen molar-refractivity contribution >= 4 is 11.8 Å². The lowest BCUT2D eigenvalue weighted by Crippen LogP contribution is -2.20. The predicted octanol–water partition coefficient (Wildman–Crippen LogP) is 1.61. The number of carbonyl (C=O) groups excluding carboxylic acids is 1. The molecule has 0 saturated carbocycles. The fraction of sp³-hybridized carbons (Fsp3) is 0.300. The van der Waals surface area contributed by atoms with Gasteiger partial charge in [-0.15, -0.1) is 13.2 Å². The molecule has 0 amide bonds. The molecule has 1 heterocycles. The zero-order valence-corrected chi connectivity index (χ0v) is 9.61. The Hall–Kier alpha value is -2.50. The first-order chi connectivity index (χ1) is 8.78. The first-order valence-corrected chi connectivity index (χ1v) is 4.92. The molecule has 0 radical (unpaired) electrons. The predicted molar refractivity (Wildman–Crippen MR) is 56.0 cm³/mol. The van der Waals surface area contributed by atoms with Crippen LogP contribution < -0.4 is 10.5 Å². The van der Waals surface area contributed by atoms with E-state index in [0.29, 0.717) is 6.07 Å². The van der Waals surface area contributed by atoms with Crippen LogP contribution in [0.3, 0.4) is 0 Å². The molecule has 0 fully saturated rings. The van der Waals surface area contributed by atoms with E-state index in [-0.39, 0.29) is 6.61 Å². The van der Waals surface area contributed by atoms with Gasteiger partial charge in [-0.1, -0.05) is 0 Å². The zero-order chi connectivity index (χ0) is 14.6. The molecule has 19 heavy (non-hydrogen) atoms. The number of esters is 1. The smallest absolute Gasteiger partial charge is 0.461 e. The number of halogens is 3. The summed E-state index contributed by atoms with van der Waals surface area (Å²) >= 11 is 0. The van der Waals surface area contributed by atoms with Crippen molar-refractivity contribution < 1.29 is 27.4 Å². The van der Waals surface area contributed by atoms with Gasteiger partial charge >= 0.3 is 12.3 Å². The summed E-state index contributed by atoms with van der Waals surface area (Å²) in [4.78, 5) is 15.0. The number of nitrogens with two attached hydrogens (primary N) is 1. The van der Waals surface area contributed by atoms with Crippen LogP contribution >= 0.6 is 0 Å². The van der Waals surface area contributed by atoms with E-state index in [2.05, 4.69) is 14.5 Å². The summed E-state index contributed by atoms with van der Waals surface area (Å²) in [6.45, 7) is 1.46. The number of carbonyl (C=O) groups is 1. The third-order valence-corrected chi connectivity index (χ3v) is 1.81. The van der Waals surface area contributed by atoms with Gasteiger partial charge in [0.25, 0.3) is 0 Å². The number of alkyl halides is 3. The number of hydrogen-bond donors (Lipinski definition) is 1. The van der Waals surface area contributed by atoms with Gasteiger partial charge in [0.15, 0.2) is 11.4 Å². The lowest BCUT2D eigenvalue weighted by Gasteiger charge is -2.12. The maximum absolute atomic E-state index is 12.2. The molecule has 6 nitrogen and oxygen atoms in total. The molecular weight excluding hydrogens is 267 g/mol. The summed E-state index contributed by atoms with van der Waals surface area (Å²) in [5.74, 6) is -2.36. The summed E-state index contributed by atoms with van der Waals surface area (Å²) < 4.78 is 44.7. The Labute approximate surface area is 105 Å². The van der Waals surface area contributed by atoms with E-state index in [1.54, 1.807) is 0 Å². The van der Waals surface area contributed by atoms with Crippen LogP contribution in [0.1, 0.15) is 23.0 Å².